The predicted octanol–water partition coefficient (Wildman–Crippen LogP) is 0.948. The van der Waals surface area contributed by atoms with Gasteiger partial charge in [0.2, 0.25) is 0 Å². The third kappa shape index (κ3) is 3.21. The zero-order chi connectivity index (χ0) is 17.3. The molecule has 2 heterocycles. The largest absolute Gasteiger partial charge is 0.481 e. The Morgan fingerprint density at radius 3 is 2.57 bits per heavy atom. The Morgan fingerprint density at radius 2 is 1.96 bits per heavy atom. The first kappa shape index (κ1) is 17.0. The van der Waals surface area contributed by atoms with Crippen LogP contribution in [-0.4, -0.2) is 30.3 Å². The van der Waals surface area contributed by atoms with Gasteiger partial charge in [0.25, 0.3) is 11.6 Å². The van der Waals surface area contributed by atoms with Gasteiger partial charge in [-0.15, -0.1) is 0 Å². The van der Waals surface area contributed by atoms with E-state index in [1.54, 1.807) is 0 Å². The average molecular weight is 344 g/mol. The second kappa shape index (κ2) is 6.41. The molecule has 10 heteroatoms. The fraction of sp³-hybridized carbons (Fsp3) is 0.385. The highest BCUT2D eigenvalue weighted by Crippen LogP contribution is 2.09. The Kier molecular flexibility index (Phi) is 4.73. The van der Waals surface area contributed by atoms with E-state index in [-0.39, 0.29) is 34.9 Å². The zero-order valence-electron chi connectivity index (χ0n) is 12.7. The van der Waals surface area contributed by atoms with Crippen LogP contribution in [0, 0.1) is 0 Å². The Bertz CT molecular complexity index is 922. The van der Waals surface area contributed by atoms with Gasteiger partial charge in [0.1, 0.15) is 6.61 Å². The van der Waals surface area contributed by atoms with Crippen LogP contribution in [0.25, 0.3) is 11.2 Å². The molecule has 0 aliphatic rings. The molecule has 0 bridgehead atoms. The lowest BCUT2D eigenvalue weighted by Gasteiger charge is -2.09. The summed E-state index contributed by atoms with van der Waals surface area (Å²) in [7, 11) is 2.85. The van der Waals surface area contributed by atoms with Crippen molar-refractivity contribution < 1.29 is 13.5 Å². The van der Waals surface area contributed by atoms with Crippen molar-refractivity contribution in [2.75, 3.05) is 6.61 Å². The third-order valence-corrected chi connectivity index (χ3v) is 3.54. The minimum Gasteiger partial charge on any atom is -0.481 e. The first-order valence-corrected chi connectivity index (χ1v) is 6.92. The highest BCUT2D eigenvalue weighted by Gasteiger charge is 2.15. The molecule has 2 aromatic rings. The molecule has 0 spiro atoms. The van der Waals surface area contributed by atoms with Gasteiger partial charge in [0.15, 0.2) is 16.2 Å². The number of fused-ring (bicyclic) bond motifs is 1. The molecule has 124 valence electrons. The van der Waals surface area contributed by atoms with Crippen molar-refractivity contribution in [3.05, 3.63) is 38.8 Å². The number of aromatic nitrogens is 4. The number of thiocarbonyl (C=S) groups is 1. The van der Waals surface area contributed by atoms with Gasteiger partial charge in [-0.1, -0.05) is 0 Å². The molecule has 0 radical (unpaired) electrons. The molecule has 0 saturated carbocycles. The van der Waals surface area contributed by atoms with Crippen molar-refractivity contribution in [3.8, 4) is 0 Å². The first-order valence-electron chi connectivity index (χ1n) is 6.51. The summed E-state index contributed by atoms with van der Waals surface area (Å²) in [5, 5.41) is 0.0285. The maximum Gasteiger partial charge on any atom is 0.332 e. The van der Waals surface area contributed by atoms with Crippen molar-refractivity contribution in [1.29, 1.82) is 0 Å². The minimum absolute atomic E-state index is 0.0134. The van der Waals surface area contributed by atoms with Gasteiger partial charge in [0, 0.05) is 19.7 Å². The SMILES string of the molecule is CC(COC(=S)Cn1cnc2c1c(=O)n(C)c(=O)n2C)=C(F)F. The number of hydrogen-bond acceptors (Lipinski definition) is 5. The Morgan fingerprint density at radius 1 is 1.30 bits per heavy atom. The van der Waals surface area contributed by atoms with Crippen molar-refractivity contribution in [1.82, 2.24) is 18.7 Å². The molecule has 0 saturated heterocycles. The van der Waals surface area contributed by atoms with Gasteiger partial charge in [-0.3, -0.25) is 13.9 Å². The summed E-state index contributed by atoms with van der Waals surface area (Å²) in [6, 6.07) is 0. The number of nitrogens with zero attached hydrogens (tertiary/aromatic N) is 4. The Hall–Kier alpha value is -2.36. The molecule has 0 aliphatic carbocycles. The number of aryl methyl sites for hydroxylation is 1. The van der Waals surface area contributed by atoms with E-state index in [9.17, 15) is 18.4 Å². The molecule has 23 heavy (non-hydrogen) atoms. The molecule has 0 N–H and O–H groups in total. The number of imidazole rings is 1. The molecule has 2 aromatic heterocycles. The third-order valence-electron chi connectivity index (χ3n) is 3.29. The minimum atomic E-state index is -1.82. The summed E-state index contributed by atoms with van der Waals surface area (Å²) in [6.07, 6.45) is -0.468. The van der Waals surface area contributed by atoms with Crippen LogP contribution in [0.3, 0.4) is 0 Å². The molecular weight excluding hydrogens is 330 g/mol. The van der Waals surface area contributed by atoms with E-state index in [1.807, 2.05) is 0 Å². The van der Waals surface area contributed by atoms with Crippen LogP contribution in [0.5, 0.6) is 0 Å². The lowest BCUT2D eigenvalue weighted by Crippen LogP contribution is -2.37. The van der Waals surface area contributed by atoms with E-state index in [0.717, 1.165) is 4.57 Å². The average Bonchev–Trinajstić information content (AvgIpc) is 2.92. The fourth-order valence-electron chi connectivity index (χ4n) is 1.94. The van der Waals surface area contributed by atoms with Gasteiger partial charge in [-0.25, -0.2) is 9.78 Å². The van der Waals surface area contributed by atoms with E-state index < -0.39 is 17.3 Å². The van der Waals surface area contributed by atoms with Crippen molar-refractivity contribution in [2.45, 2.75) is 13.5 Å². The number of ether oxygens (including phenoxy) is 1. The summed E-state index contributed by atoms with van der Waals surface area (Å²) in [5.74, 6) is 0. The Labute approximate surface area is 134 Å². The highest BCUT2D eigenvalue weighted by molar-refractivity contribution is 7.80. The number of rotatable bonds is 4. The summed E-state index contributed by atoms with van der Waals surface area (Å²) in [5.41, 5.74) is -0.836. The highest BCUT2D eigenvalue weighted by atomic mass is 32.1. The van der Waals surface area contributed by atoms with E-state index >= 15 is 0 Å². The lowest BCUT2D eigenvalue weighted by atomic mass is 10.4. The zero-order valence-corrected chi connectivity index (χ0v) is 13.5. The summed E-state index contributed by atoms with van der Waals surface area (Å²) < 4.78 is 33.3. The molecule has 0 amide bonds. The lowest BCUT2D eigenvalue weighted by molar-refractivity contribution is 0.316. The molecular formula is C13H14F2N4O3S. The Balaban J connectivity index is 2.32. The molecule has 0 unspecified atom stereocenters. The normalized spacial score (nSPS) is 10.8. The van der Waals surface area contributed by atoms with Gasteiger partial charge < -0.3 is 9.30 Å². The van der Waals surface area contributed by atoms with Crippen LogP contribution in [0.15, 0.2) is 27.6 Å². The predicted molar refractivity (Wildman–Crippen MR) is 83.7 cm³/mol. The van der Waals surface area contributed by atoms with E-state index in [4.69, 9.17) is 17.0 Å². The van der Waals surface area contributed by atoms with Crippen molar-refractivity contribution in [2.24, 2.45) is 14.1 Å². The molecule has 7 nitrogen and oxygen atoms in total. The maximum atomic E-state index is 12.3. The molecule has 0 atom stereocenters. The van der Waals surface area contributed by atoms with Gasteiger partial charge in [-0.05, 0) is 19.1 Å². The standard InChI is InChI=1S/C13H14F2N4O3S/c1-7(10(14)15)5-22-8(23)4-19-6-16-11-9(19)12(20)18(3)13(21)17(11)2/h6H,4-5H2,1-3H3. The second-order valence-corrected chi connectivity index (χ2v) is 5.41. The second-order valence-electron chi connectivity index (χ2n) is 4.95. The monoisotopic (exact) mass is 344 g/mol. The quantitative estimate of drug-likeness (QED) is 0.773. The molecule has 0 aliphatic heterocycles. The van der Waals surface area contributed by atoms with Crippen molar-refractivity contribution in [3.63, 3.8) is 0 Å². The fourth-order valence-corrected chi connectivity index (χ4v) is 2.14. The molecule has 0 fully saturated rings. The van der Waals surface area contributed by atoms with Crippen LogP contribution in [0.2, 0.25) is 0 Å². The first-order chi connectivity index (χ1) is 10.7. The summed E-state index contributed by atoms with van der Waals surface area (Å²) in [6.45, 7) is 0.890. The van der Waals surface area contributed by atoms with Gasteiger partial charge in [-0.2, -0.15) is 8.78 Å². The smallest absolute Gasteiger partial charge is 0.332 e. The maximum absolute atomic E-state index is 12.3. The van der Waals surface area contributed by atoms with Crippen LogP contribution in [-0.2, 0) is 25.4 Å². The van der Waals surface area contributed by atoms with Crippen LogP contribution >= 0.6 is 12.2 Å². The van der Waals surface area contributed by atoms with E-state index in [1.165, 1.54) is 36.5 Å². The van der Waals surface area contributed by atoms with Crippen LogP contribution < -0.4 is 11.2 Å². The van der Waals surface area contributed by atoms with Crippen molar-refractivity contribution >= 4 is 28.4 Å². The van der Waals surface area contributed by atoms with Crippen LogP contribution in [0.4, 0.5) is 8.78 Å². The topological polar surface area (TPSA) is 71.1 Å². The molecule has 0 aromatic carbocycles. The number of halogens is 2. The molecule has 2 rings (SSSR count). The van der Waals surface area contributed by atoms with E-state index in [0.29, 0.717) is 0 Å². The summed E-state index contributed by atoms with van der Waals surface area (Å²) in [4.78, 5) is 28.1. The van der Waals surface area contributed by atoms with Gasteiger partial charge >= 0.3 is 5.69 Å². The van der Waals surface area contributed by atoms with Gasteiger partial charge in [0.05, 0.1) is 12.9 Å². The summed E-state index contributed by atoms with van der Waals surface area (Å²) >= 11 is 4.99. The number of hydrogen-bond donors (Lipinski definition) is 0. The van der Waals surface area contributed by atoms with E-state index in [2.05, 4.69) is 4.98 Å². The van der Waals surface area contributed by atoms with Crippen LogP contribution in [0.1, 0.15) is 6.92 Å².